The molecule has 1 aliphatic heterocycles. The van der Waals surface area contributed by atoms with Crippen LogP contribution >= 0.6 is 0 Å². The van der Waals surface area contributed by atoms with E-state index in [1.165, 1.54) is 30.2 Å². The van der Waals surface area contributed by atoms with E-state index < -0.39 is 4.92 Å². The average molecular weight is 310 g/mol. The van der Waals surface area contributed by atoms with Crippen molar-refractivity contribution < 1.29 is 9.72 Å². The van der Waals surface area contributed by atoms with Crippen LogP contribution in [0.3, 0.4) is 0 Å². The summed E-state index contributed by atoms with van der Waals surface area (Å²) in [5.74, 6) is 0.0729. The number of rotatable bonds is 2. The lowest BCUT2D eigenvalue weighted by molar-refractivity contribution is -0.385. The Morgan fingerprint density at radius 2 is 2.09 bits per heavy atom. The van der Waals surface area contributed by atoms with Gasteiger partial charge in [-0.3, -0.25) is 14.9 Å². The lowest BCUT2D eigenvalue weighted by Gasteiger charge is -2.08. The standard InChI is InChI=1S/C16H14N4O3/c21-16-13(6-10-5-9-3-1-2-4-14(9)18-10)12-7-11(20(22)23)8-17-15(12)19-16/h5-8,18H,1-4H2,(H,17,19,21). The third-order valence-corrected chi connectivity index (χ3v) is 4.29. The Morgan fingerprint density at radius 1 is 1.26 bits per heavy atom. The molecule has 0 aromatic carbocycles. The first-order chi connectivity index (χ1) is 11.1. The van der Waals surface area contributed by atoms with Crippen molar-refractivity contribution in [1.82, 2.24) is 9.97 Å². The molecule has 0 bridgehead atoms. The van der Waals surface area contributed by atoms with Gasteiger partial charge >= 0.3 is 0 Å². The maximum atomic E-state index is 12.2. The molecule has 7 nitrogen and oxygen atoms in total. The van der Waals surface area contributed by atoms with Crippen LogP contribution in [0.25, 0.3) is 11.6 Å². The molecule has 2 N–H and O–H groups in total. The fourth-order valence-electron chi connectivity index (χ4n) is 3.16. The number of amides is 1. The molecular weight excluding hydrogens is 296 g/mol. The summed E-state index contributed by atoms with van der Waals surface area (Å²) < 4.78 is 0. The number of carbonyl (C=O) groups is 1. The molecule has 7 heteroatoms. The first kappa shape index (κ1) is 13.7. The minimum absolute atomic E-state index is 0.128. The van der Waals surface area contributed by atoms with Crippen molar-refractivity contribution in [3.8, 4) is 0 Å². The largest absolute Gasteiger partial charge is 0.359 e. The number of hydrogen-bond donors (Lipinski definition) is 2. The Bertz CT molecular complexity index is 843. The third-order valence-electron chi connectivity index (χ3n) is 4.29. The summed E-state index contributed by atoms with van der Waals surface area (Å²) in [6.07, 6.45) is 7.31. The van der Waals surface area contributed by atoms with Gasteiger partial charge in [0, 0.05) is 23.0 Å². The summed E-state index contributed by atoms with van der Waals surface area (Å²) in [4.78, 5) is 29.9. The predicted molar refractivity (Wildman–Crippen MR) is 84.8 cm³/mol. The van der Waals surface area contributed by atoms with Gasteiger partial charge in [0.1, 0.15) is 12.0 Å². The highest BCUT2D eigenvalue weighted by Gasteiger charge is 2.28. The summed E-state index contributed by atoms with van der Waals surface area (Å²) in [5, 5.41) is 13.6. The van der Waals surface area contributed by atoms with Gasteiger partial charge in [-0.2, -0.15) is 0 Å². The van der Waals surface area contributed by atoms with E-state index in [9.17, 15) is 14.9 Å². The van der Waals surface area contributed by atoms with Crippen LogP contribution in [0.4, 0.5) is 11.5 Å². The smallest absolute Gasteiger partial charge is 0.288 e. The van der Waals surface area contributed by atoms with Gasteiger partial charge in [-0.1, -0.05) is 0 Å². The van der Waals surface area contributed by atoms with Gasteiger partial charge in [0.05, 0.1) is 10.5 Å². The van der Waals surface area contributed by atoms with Crippen LogP contribution in [0, 0.1) is 10.1 Å². The van der Waals surface area contributed by atoms with Crippen LogP contribution in [0.5, 0.6) is 0 Å². The second kappa shape index (κ2) is 5.05. The second-order valence-corrected chi connectivity index (χ2v) is 5.79. The maximum absolute atomic E-state index is 12.2. The van der Waals surface area contributed by atoms with Crippen molar-refractivity contribution in [3.63, 3.8) is 0 Å². The molecule has 116 valence electrons. The molecule has 0 fully saturated rings. The Morgan fingerprint density at radius 3 is 2.87 bits per heavy atom. The second-order valence-electron chi connectivity index (χ2n) is 5.79. The van der Waals surface area contributed by atoms with E-state index >= 15 is 0 Å². The number of pyridine rings is 1. The Kier molecular flexibility index (Phi) is 3.00. The van der Waals surface area contributed by atoms with E-state index in [2.05, 4.69) is 21.4 Å². The molecule has 1 amide bonds. The molecular formula is C16H14N4O3. The SMILES string of the molecule is O=C1Nc2ncc([N+](=O)[O-])cc2C1=Cc1cc2c([nH]1)CCCC2. The number of carbonyl (C=O) groups excluding carboxylic acids is 1. The van der Waals surface area contributed by atoms with Gasteiger partial charge in [-0.15, -0.1) is 0 Å². The van der Waals surface area contributed by atoms with E-state index in [4.69, 9.17) is 0 Å². The van der Waals surface area contributed by atoms with E-state index in [0.717, 1.165) is 24.7 Å². The molecule has 0 spiro atoms. The van der Waals surface area contributed by atoms with Gasteiger partial charge < -0.3 is 10.3 Å². The number of fused-ring (bicyclic) bond motifs is 2. The molecule has 2 aromatic rings. The number of aromatic nitrogens is 2. The molecule has 1 aliphatic carbocycles. The lowest BCUT2D eigenvalue weighted by Crippen LogP contribution is -2.04. The molecule has 0 saturated heterocycles. The van der Waals surface area contributed by atoms with Crippen LogP contribution < -0.4 is 5.32 Å². The Balaban J connectivity index is 1.77. The highest BCUT2D eigenvalue weighted by molar-refractivity contribution is 6.34. The van der Waals surface area contributed by atoms with Gasteiger partial charge in [-0.05, 0) is 43.4 Å². The molecule has 0 radical (unpaired) electrons. The number of aromatic amines is 1. The van der Waals surface area contributed by atoms with Crippen molar-refractivity contribution in [2.75, 3.05) is 5.32 Å². The molecule has 4 rings (SSSR count). The summed E-state index contributed by atoms with van der Waals surface area (Å²) >= 11 is 0. The number of hydrogen-bond acceptors (Lipinski definition) is 4. The molecule has 0 saturated carbocycles. The Hall–Kier alpha value is -2.96. The predicted octanol–water partition coefficient (Wildman–Crippen LogP) is 2.69. The number of H-pyrrole nitrogens is 1. The Labute approximate surface area is 131 Å². The first-order valence-electron chi connectivity index (χ1n) is 7.50. The summed E-state index contributed by atoms with van der Waals surface area (Å²) in [6, 6.07) is 3.44. The molecule has 0 unspecified atom stereocenters. The van der Waals surface area contributed by atoms with E-state index in [1.54, 1.807) is 6.08 Å². The topological polar surface area (TPSA) is 101 Å². The quantitative estimate of drug-likeness (QED) is 0.506. The van der Waals surface area contributed by atoms with E-state index in [1.807, 2.05) is 0 Å². The number of nitro groups is 1. The molecule has 23 heavy (non-hydrogen) atoms. The van der Waals surface area contributed by atoms with Crippen LogP contribution in [0.1, 0.15) is 35.4 Å². The zero-order valence-corrected chi connectivity index (χ0v) is 12.3. The number of aryl methyl sites for hydroxylation is 2. The number of nitrogens with zero attached hydrogens (tertiary/aromatic N) is 2. The average Bonchev–Trinajstić information content (AvgIpc) is 3.08. The zero-order valence-electron chi connectivity index (χ0n) is 12.3. The van der Waals surface area contributed by atoms with E-state index in [-0.39, 0.29) is 11.6 Å². The fourth-order valence-corrected chi connectivity index (χ4v) is 3.16. The number of anilines is 1. The van der Waals surface area contributed by atoms with Crippen LogP contribution in [0.2, 0.25) is 0 Å². The van der Waals surface area contributed by atoms with Crippen LogP contribution in [-0.4, -0.2) is 20.8 Å². The normalized spacial score (nSPS) is 17.7. The van der Waals surface area contributed by atoms with Crippen molar-refractivity contribution >= 4 is 29.1 Å². The molecule has 3 heterocycles. The highest BCUT2D eigenvalue weighted by atomic mass is 16.6. The van der Waals surface area contributed by atoms with Crippen LogP contribution in [-0.2, 0) is 17.6 Å². The summed E-state index contributed by atoms with van der Waals surface area (Å²) in [6.45, 7) is 0. The van der Waals surface area contributed by atoms with Crippen molar-refractivity contribution in [2.24, 2.45) is 0 Å². The minimum atomic E-state index is -0.513. The van der Waals surface area contributed by atoms with Gasteiger partial charge in [0.25, 0.3) is 11.6 Å². The van der Waals surface area contributed by atoms with Crippen LogP contribution in [0.15, 0.2) is 18.3 Å². The van der Waals surface area contributed by atoms with Crippen molar-refractivity contribution in [2.45, 2.75) is 25.7 Å². The third kappa shape index (κ3) is 2.30. The zero-order chi connectivity index (χ0) is 16.0. The monoisotopic (exact) mass is 310 g/mol. The summed E-state index contributed by atoms with van der Waals surface area (Å²) in [7, 11) is 0. The summed E-state index contributed by atoms with van der Waals surface area (Å²) in [5.41, 5.74) is 4.10. The lowest BCUT2D eigenvalue weighted by atomic mass is 9.98. The van der Waals surface area contributed by atoms with E-state index in [0.29, 0.717) is 17.0 Å². The molecule has 2 aliphatic rings. The highest BCUT2D eigenvalue weighted by Crippen LogP contribution is 2.34. The van der Waals surface area contributed by atoms with Gasteiger partial charge in [-0.25, -0.2) is 4.98 Å². The van der Waals surface area contributed by atoms with Gasteiger partial charge in [0.15, 0.2) is 0 Å². The minimum Gasteiger partial charge on any atom is -0.359 e. The van der Waals surface area contributed by atoms with Crippen molar-refractivity contribution in [1.29, 1.82) is 0 Å². The number of nitrogens with one attached hydrogen (secondary N) is 2. The fraction of sp³-hybridized carbons (Fsp3) is 0.250. The maximum Gasteiger partial charge on any atom is 0.288 e. The van der Waals surface area contributed by atoms with Crippen molar-refractivity contribution in [3.05, 3.63) is 51.0 Å². The molecule has 2 aromatic heterocycles. The molecule has 0 atom stereocenters. The van der Waals surface area contributed by atoms with Gasteiger partial charge in [0.2, 0.25) is 0 Å². The first-order valence-corrected chi connectivity index (χ1v) is 7.50.